The lowest BCUT2D eigenvalue weighted by Gasteiger charge is -2.22. The van der Waals surface area contributed by atoms with Crippen molar-refractivity contribution in [2.75, 3.05) is 20.8 Å². The number of amides is 1. The first-order chi connectivity index (χ1) is 9.55. The first-order valence-corrected chi connectivity index (χ1v) is 7.11. The number of likely N-dealkylation sites (tertiary alicyclic amines) is 1. The standard InChI is InChI=1S/C13H17NO5S/c1-18-9-3-8(4-12(15)16)14(6-9)13(17)11-5-10(19-2)7-20-11/h5,7-9H,3-4,6H2,1-2H3,(H,15,16). The molecule has 1 saturated heterocycles. The van der Waals surface area contributed by atoms with Crippen LogP contribution >= 0.6 is 11.3 Å². The Bertz CT molecular complexity index is 501. The minimum Gasteiger partial charge on any atom is -0.496 e. The first-order valence-electron chi connectivity index (χ1n) is 6.23. The highest BCUT2D eigenvalue weighted by atomic mass is 32.1. The van der Waals surface area contributed by atoms with Crippen LogP contribution in [0.15, 0.2) is 11.4 Å². The Morgan fingerprint density at radius 2 is 2.25 bits per heavy atom. The average Bonchev–Trinajstić information content (AvgIpc) is 3.03. The maximum atomic E-state index is 12.5. The molecular formula is C13H17NO5S. The number of carboxylic acids is 1. The molecule has 1 aromatic rings. The number of aliphatic carboxylic acids is 1. The summed E-state index contributed by atoms with van der Waals surface area (Å²) in [5.41, 5.74) is 0. The van der Waals surface area contributed by atoms with E-state index in [0.717, 1.165) is 0 Å². The average molecular weight is 299 g/mol. The van der Waals surface area contributed by atoms with E-state index in [1.807, 2.05) is 0 Å². The fraction of sp³-hybridized carbons (Fsp3) is 0.538. The summed E-state index contributed by atoms with van der Waals surface area (Å²) in [7, 11) is 3.12. The van der Waals surface area contributed by atoms with Gasteiger partial charge in [0, 0.05) is 31.1 Å². The monoisotopic (exact) mass is 299 g/mol. The highest BCUT2D eigenvalue weighted by Crippen LogP contribution is 2.28. The number of carboxylic acid groups (broad SMARTS) is 1. The van der Waals surface area contributed by atoms with E-state index < -0.39 is 5.97 Å². The molecule has 2 atom stereocenters. The highest BCUT2D eigenvalue weighted by molar-refractivity contribution is 7.12. The van der Waals surface area contributed by atoms with Crippen LogP contribution < -0.4 is 4.74 Å². The molecule has 0 aliphatic carbocycles. The molecule has 0 saturated carbocycles. The number of hydrogen-bond acceptors (Lipinski definition) is 5. The molecule has 1 aromatic heterocycles. The second kappa shape index (κ2) is 6.23. The summed E-state index contributed by atoms with van der Waals surface area (Å²) in [5.74, 6) is -0.437. The molecule has 0 aromatic carbocycles. The van der Waals surface area contributed by atoms with Gasteiger partial charge in [-0.2, -0.15) is 0 Å². The van der Waals surface area contributed by atoms with Crippen molar-refractivity contribution in [1.29, 1.82) is 0 Å². The van der Waals surface area contributed by atoms with Crippen molar-refractivity contribution >= 4 is 23.2 Å². The normalized spacial score (nSPS) is 22.0. The maximum Gasteiger partial charge on any atom is 0.305 e. The lowest BCUT2D eigenvalue weighted by molar-refractivity contribution is -0.137. The summed E-state index contributed by atoms with van der Waals surface area (Å²) >= 11 is 1.29. The maximum absolute atomic E-state index is 12.5. The Kier molecular flexibility index (Phi) is 4.61. The van der Waals surface area contributed by atoms with Gasteiger partial charge in [0.25, 0.3) is 5.91 Å². The van der Waals surface area contributed by atoms with E-state index in [1.54, 1.807) is 30.6 Å². The summed E-state index contributed by atoms with van der Waals surface area (Å²) in [6.07, 6.45) is 0.385. The van der Waals surface area contributed by atoms with Crippen LogP contribution in [-0.2, 0) is 9.53 Å². The third kappa shape index (κ3) is 3.10. The smallest absolute Gasteiger partial charge is 0.305 e. The van der Waals surface area contributed by atoms with E-state index in [1.165, 1.54) is 11.3 Å². The minimum atomic E-state index is -0.909. The van der Waals surface area contributed by atoms with Crippen molar-refractivity contribution in [3.05, 3.63) is 16.3 Å². The van der Waals surface area contributed by atoms with Crippen molar-refractivity contribution in [2.24, 2.45) is 0 Å². The fourth-order valence-corrected chi connectivity index (χ4v) is 3.18. The molecule has 0 spiro atoms. The number of rotatable bonds is 5. The van der Waals surface area contributed by atoms with Crippen LogP contribution in [0.2, 0.25) is 0 Å². The molecule has 0 bridgehead atoms. The molecule has 2 rings (SSSR count). The van der Waals surface area contributed by atoms with Crippen LogP contribution in [0.1, 0.15) is 22.5 Å². The summed E-state index contributed by atoms with van der Waals surface area (Å²) < 4.78 is 10.3. The van der Waals surface area contributed by atoms with E-state index in [-0.39, 0.29) is 24.5 Å². The lowest BCUT2D eigenvalue weighted by Crippen LogP contribution is -2.36. The zero-order chi connectivity index (χ0) is 14.7. The van der Waals surface area contributed by atoms with Gasteiger partial charge in [0.05, 0.1) is 24.5 Å². The van der Waals surface area contributed by atoms with Crippen molar-refractivity contribution in [2.45, 2.75) is 25.0 Å². The Balaban J connectivity index is 2.14. The number of hydrogen-bond donors (Lipinski definition) is 1. The number of carbonyl (C=O) groups is 2. The van der Waals surface area contributed by atoms with Crippen LogP contribution in [-0.4, -0.2) is 54.8 Å². The van der Waals surface area contributed by atoms with Crippen molar-refractivity contribution in [3.63, 3.8) is 0 Å². The molecule has 20 heavy (non-hydrogen) atoms. The molecule has 1 aliphatic rings. The summed E-state index contributed by atoms with van der Waals surface area (Å²) in [6, 6.07) is 1.35. The minimum absolute atomic E-state index is 0.0614. The lowest BCUT2D eigenvalue weighted by atomic mass is 10.1. The molecule has 2 unspecified atom stereocenters. The molecule has 110 valence electrons. The molecule has 1 aliphatic heterocycles. The second-order valence-corrected chi connectivity index (χ2v) is 5.56. The van der Waals surface area contributed by atoms with E-state index >= 15 is 0 Å². The van der Waals surface area contributed by atoms with Gasteiger partial charge in [-0.3, -0.25) is 9.59 Å². The summed E-state index contributed by atoms with van der Waals surface area (Å²) in [5, 5.41) is 10.7. The molecule has 6 nitrogen and oxygen atoms in total. The van der Waals surface area contributed by atoms with Gasteiger partial charge in [-0.25, -0.2) is 0 Å². The molecule has 1 N–H and O–H groups in total. The SMILES string of the molecule is COc1csc(C(=O)N2CC(OC)CC2CC(=O)O)c1. The van der Waals surface area contributed by atoms with Gasteiger partial charge < -0.3 is 19.5 Å². The molecule has 1 amide bonds. The number of nitrogens with zero attached hydrogens (tertiary/aromatic N) is 1. The Morgan fingerprint density at radius 1 is 1.50 bits per heavy atom. The van der Waals surface area contributed by atoms with E-state index in [2.05, 4.69) is 0 Å². The van der Waals surface area contributed by atoms with Crippen LogP contribution in [0.25, 0.3) is 0 Å². The number of carbonyl (C=O) groups excluding carboxylic acids is 1. The Hall–Kier alpha value is -1.60. The van der Waals surface area contributed by atoms with Gasteiger partial charge in [0.1, 0.15) is 5.75 Å². The number of methoxy groups -OCH3 is 2. The van der Waals surface area contributed by atoms with Crippen molar-refractivity contribution in [1.82, 2.24) is 4.90 Å². The van der Waals surface area contributed by atoms with Crippen molar-refractivity contribution in [3.8, 4) is 5.75 Å². The van der Waals surface area contributed by atoms with Gasteiger partial charge in [0.15, 0.2) is 0 Å². The number of thiophene rings is 1. The number of ether oxygens (including phenoxy) is 2. The predicted octanol–water partition coefficient (Wildman–Crippen LogP) is 1.46. The largest absolute Gasteiger partial charge is 0.496 e. The molecule has 2 heterocycles. The van der Waals surface area contributed by atoms with Crippen LogP contribution in [0.4, 0.5) is 0 Å². The van der Waals surface area contributed by atoms with Gasteiger partial charge in [-0.1, -0.05) is 0 Å². The van der Waals surface area contributed by atoms with Gasteiger partial charge in [-0.15, -0.1) is 11.3 Å². The highest BCUT2D eigenvalue weighted by Gasteiger charge is 2.37. The van der Waals surface area contributed by atoms with Gasteiger partial charge in [-0.05, 0) is 6.42 Å². The molecule has 1 fully saturated rings. The molecular weight excluding hydrogens is 282 g/mol. The fourth-order valence-electron chi connectivity index (χ4n) is 2.37. The predicted molar refractivity (Wildman–Crippen MR) is 73.4 cm³/mol. The summed E-state index contributed by atoms with van der Waals surface area (Å²) in [4.78, 5) is 25.5. The second-order valence-electron chi connectivity index (χ2n) is 4.65. The topological polar surface area (TPSA) is 76.1 Å². The zero-order valence-electron chi connectivity index (χ0n) is 11.4. The van der Waals surface area contributed by atoms with Crippen LogP contribution in [0.3, 0.4) is 0 Å². The van der Waals surface area contributed by atoms with E-state index in [4.69, 9.17) is 14.6 Å². The van der Waals surface area contributed by atoms with Crippen LogP contribution in [0.5, 0.6) is 5.75 Å². The van der Waals surface area contributed by atoms with Gasteiger partial charge >= 0.3 is 5.97 Å². The van der Waals surface area contributed by atoms with Gasteiger partial charge in [0.2, 0.25) is 0 Å². The molecule has 0 radical (unpaired) electrons. The van der Waals surface area contributed by atoms with E-state index in [9.17, 15) is 9.59 Å². The molecule has 7 heteroatoms. The zero-order valence-corrected chi connectivity index (χ0v) is 12.2. The van der Waals surface area contributed by atoms with Crippen molar-refractivity contribution < 1.29 is 24.2 Å². The Morgan fingerprint density at radius 3 is 2.80 bits per heavy atom. The quantitative estimate of drug-likeness (QED) is 0.891. The van der Waals surface area contributed by atoms with E-state index in [0.29, 0.717) is 23.6 Å². The summed E-state index contributed by atoms with van der Waals surface area (Å²) in [6.45, 7) is 0.424. The first kappa shape index (κ1) is 14.8. The third-order valence-corrected chi connectivity index (χ3v) is 4.30. The van der Waals surface area contributed by atoms with Crippen LogP contribution in [0, 0.1) is 0 Å². The Labute approximate surface area is 120 Å². The third-order valence-electron chi connectivity index (χ3n) is 3.40.